The van der Waals surface area contributed by atoms with E-state index in [4.69, 9.17) is 9.94 Å². The Morgan fingerprint density at radius 1 is 1.21 bits per heavy atom. The fraction of sp³-hybridized carbons (Fsp3) is 0.292. The number of aromatic nitrogens is 2. The number of sulfone groups is 1. The highest BCUT2D eigenvalue weighted by molar-refractivity contribution is 7.90. The van der Waals surface area contributed by atoms with Gasteiger partial charge in [-0.2, -0.15) is 0 Å². The highest BCUT2D eigenvalue weighted by Crippen LogP contribution is 2.23. The lowest BCUT2D eigenvalue weighted by Gasteiger charge is -2.21. The molecule has 0 aliphatic carbocycles. The Morgan fingerprint density at radius 2 is 2.00 bits per heavy atom. The van der Waals surface area contributed by atoms with E-state index in [1.165, 1.54) is 24.3 Å². The molecule has 1 aromatic heterocycles. The lowest BCUT2D eigenvalue weighted by atomic mass is 9.96. The summed E-state index contributed by atoms with van der Waals surface area (Å²) in [4.78, 5) is 20.5. The van der Waals surface area contributed by atoms with Crippen molar-refractivity contribution in [3.63, 3.8) is 0 Å². The van der Waals surface area contributed by atoms with Gasteiger partial charge in [0.15, 0.2) is 9.84 Å². The zero-order chi connectivity index (χ0) is 24.6. The zero-order valence-electron chi connectivity index (χ0n) is 18.7. The number of oxime groups is 1. The third kappa shape index (κ3) is 7.24. The molecule has 10 heteroatoms. The van der Waals surface area contributed by atoms with Crippen LogP contribution in [0, 0.1) is 5.82 Å². The maximum absolute atomic E-state index is 13.9. The van der Waals surface area contributed by atoms with Crippen LogP contribution in [-0.2, 0) is 25.9 Å². The van der Waals surface area contributed by atoms with E-state index in [0.717, 1.165) is 6.26 Å². The van der Waals surface area contributed by atoms with Gasteiger partial charge in [0.05, 0.1) is 17.3 Å². The Morgan fingerprint density at radius 3 is 2.68 bits per heavy atom. The number of benzene rings is 2. The molecule has 0 fully saturated rings. The summed E-state index contributed by atoms with van der Waals surface area (Å²) in [7, 11) is -3.46. The van der Waals surface area contributed by atoms with Gasteiger partial charge in [-0.05, 0) is 49.1 Å². The standard InChI is InChI=1S/C24H26FN3O5S/c1-34(31,32)21-9-5-7-19(16-21)24(27-33-13-3-2-10-23(29)30)22(28-12-11-26-17-28)15-18-6-4-8-20(25)14-18/h4-9,11-12,14,16-17,22H,2-3,10,13,15H2,1H3,(H,29,30)/b27-24-. The first-order valence-electron chi connectivity index (χ1n) is 10.7. The maximum Gasteiger partial charge on any atom is 0.303 e. The Balaban J connectivity index is 1.98. The first kappa shape index (κ1) is 25.1. The summed E-state index contributed by atoms with van der Waals surface area (Å²) in [6.45, 7) is 0.194. The molecule has 2 aromatic carbocycles. The molecule has 34 heavy (non-hydrogen) atoms. The number of rotatable bonds is 12. The van der Waals surface area contributed by atoms with E-state index < -0.39 is 21.8 Å². The van der Waals surface area contributed by atoms with Crippen molar-refractivity contribution in [2.24, 2.45) is 5.16 Å². The smallest absolute Gasteiger partial charge is 0.303 e. The van der Waals surface area contributed by atoms with E-state index in [-0.39, 0.29) is 23.7 Å². The summed E-state index contributed by atoms with van der Waals surface area (Å²) in [5.74, 6) is -1.24. The van der Waals surface area contributed by atoms with Crippen molar-refractivity contribution in [3.05, 3.63) is 84.2 Å². The molecule has 3 rings (SSSR count). The fourth-order valence-electron chi connectivity index (χ4n) is 3.43. The van der Waals surface area contributed by atoms with Gasteiger partial charge in [0.25, 0.3) is 0 Å². The van der Waals surface area contributed by atoms with Crippen LogP contribution < -0.4 is 0 Å². The second-order valence-corrected chi connectivity index (χ2v) is 9.84. The van der Waals surface area contributed by atoms with Gasteiger partial charge in [-0.25, -0.2) is 17.8 Å². The van der Waals surface area contributed by atoms with E-state index >= 15 is 0 Å². The van der Waals surface area contributed by atoms with E-state index in [1.54, 1.807) is 47.6 Å². The van der Waals surface area contributed by atoms with Crippen molar-refractivity contribution in [2.75, 3.05) is 12.9 Å². The molecule has 1 unspecified atom stereocenters. The minimum Gasteiger partial charge on any atom is -0.481 e. The number of carbonyl (C=O) groups is 1. The summed E-state index contributed by atoms with van der Waals surface area (Å²) in [5, 5.41) is 13.1. The SMILES string of the molecule is CS(=O)(=O)c1cccc(/C(=N/OCCCCC(=O)O)C(Cc2cccc(F)c2)n2ccnc2)c1. The molecule has 0 radical (unpaired) electrons. The highest BCUT2D eigenvalue weighted by Gasteiger charge is 2.23. The number of imidazole rings is 1. The molecule has 1 atom stereocenters. The topological polar surface area (TPSA) is 111 Å². The van der Waals surface area contributed by atoms with E-state index in [0.29, 0.717) is 36.1 Å². The second kappa shape index (κ2) is 11.6. The quantitative estimate of drug-likeness (QED) is 0.236. The van der Waals surface area contributed by atoms with E-state index in [9.17, 15) is 17.6 Å². The largest absolute Gasteiger partial charge is 0.481 e. The van der Waals surface area contributed by atoms with E-state index in [2.05, 4.69) is 10.1 Å². The van der Waals surface area contributed by atoms with Crippen LogP contribution >= 0.6 is 0 Å². The van der Waals surface area contributed by atoms with Crippen molar-refractivity contribution >= 4 is 21.5 Å². The minimum atomic E-state index is -3.46. The van der Waals surface area contributed by atoms with Gasteiger partial charge >= 0.3 is 5.97 Å². The molecule has 3 aromatic rings. The van der Waals surface area contributed by atoms with E-state index in [1.807, 2.05) is 0 Å². The first-order chi connectivity index (χ1) is 16.2. The summed E-state index contributed by atoms with van der Waals surface area (Å²) < 4.78 is 40.0. The number of hydrogen-bond donors (Lipinski definition) is 1. The number of carboxylic acid groups (broad SMARTS) is 1. The number of carboxylic acids is 1. The minimum absolute atomic E-state index is 0.0353. The van der Waals surface area contributed by atoms with Crippen LogP contribution in [-0.4, -0.2) is 47.6 Å². The fourth-order valence-corrected chi connectivity index (χ4v) is 4.10. The summed E-state index contributed by atoms with van der Waals surface area (Å²) >= 11 is 0. The zero-order valence-corrected chi connectivity index (χ0v) is 19.5. The Labute approximate surface area is 197 Å². The normalized spacial score (nSPS) is 12.9. The average Bonchev–Trinajstić information content (AvgIpc) is 3.31. The number of halogens is 1. The molecular formula is C24H26FN3O5S. The molecule has 1 heterocycles. The lowest BCUT2D eigenvalue weighted by molar-refractivity contribution is -0.137. The molecule has 0 aliphatic rings. The molecule has 0 bridgehead atoms. The predicted octanol–water partition coefficient (Wildman–Crippen LogP) is 3.89. The number of nitrogens with zero attached hydrogens (tertiary/aromatic N) is 3. The van der Waals surface area contributed by atoms with Crippen LogP contribution in [0.25, 0.3) is 0 Å². The van der Waals surface area contributed by atoms with Gasteiger partial charge in [-0.3, -0.25) is 4.79 Å². The molecule has 180 valence electrons. The number of hydrogen-bond acceptors (Lipinski definition) is 6. The average molecular weight is 488 g/mol. The molecule has 0 spiro atoms. The summed E-state index contributed by atoms with van der Waals surface area (Å²) in [6, 6.07) is 12.1. The van der Waals surface area contributed by atoms with Crippen molar-refractivity contribution in [1.29, 1.82) is 0 Å². The molecule has 0 aliphatic heterocycles. The van der Waals surface area contributed by atoms with Crippen LogP contribution in [0.3, 0.4) is 0 Å². The van der Waals surface area contributed by atoms with Crippen LogP contribution in [0.15, 0.2) is 77.3 Å². The number of unbranched alkanes of at least 4 members (excludes halogenated alkanes) is 1. The van der Waals surface area contributed by atoms with Crippen LogP contribution in [0.4, 0.5) is 4.39 Å². The van der Waals surface area contributed by atoms with Gasteiger partial charge in [0.1, 0.15) is 18.1 Å². The Hall–Kier alpha value is -3.53. The second-order valence-electron chi connectivity index (χ2n) is 7.82. The number of aliphatic carboxylic acids is 1. The third-order valence-electron chi connectivity index (χ3n) is 5.12. The van der Waals surface area contributed by atoms with Gasteiger partial charge in [-0.15, -0.1) is 0 Å². The maximum atomic E-state index is 13.9. The molecular weight excluding hydrogens is 461 g/mol. The molecule has 0 saturated carbocycles. The molecule has 8 nitrogen and oxygen atoms in total. The Kier molecular flexibility index (Phi) is 8.53. The molecule has 1 N–H and O–H groups in total. The first-order valence-corrected chi connectivity index (χ1v) is 12.6. The lowest BCUT2D eigenvalue weighted by Crippen LogP contribution is -2.23. The van der Waals surface area contributed by atoms with Crippen LogP contribution in [0.5, 0.6) is 0 Å². The van der Waals surface area contributed by atoms with Gasteiger partial charge in [0.2, 0.25) is 0 Å². The van der Waals surface area contributed by atoms with Gasteiger partial charge in [-0.1, -0.05) is 29.4 Å². The monoisotopic (exact) mass is 487 g/mol. The van der Waals surface area contributed by atoms with Crippen LogP contribution in [0.2, 0.25) is 0 Å². The van der Waals surface area contributed by atoms with Crippen molar-refractivity contribution in [2.45, 2.75) is 36.6 Å². The van der Waals surface area contributed by atoms with Gasteiger partial charge in [0, 0.05) is 30.6 Å². The van der Waals surface area contributed by atoms with Crippen LogP contribution in [0.1, 0.15) is 36.4 Å². The van der Waals surface area contributed by atoms with Crippen molar-refractivity contribution in [3.8, 4) is 0 Å². The summed E-state index contributed by atoms with van der Waals surface area (Å²) in [5.41, 5.74) is 1.68. The van der Waals surface area contributed by atoms with Crippen molar-refractivity contribution in [1.82, 2.24) is 9.55 Å². The van der Waals surface area contributed by atoms with Gasteiger partial charge < -0.3 is 14.5 Å². The highest BCUT2D eigenvalue weighted by atomic mass is 32.2. The Bertz CT molecular complexity index is 1240. The molecule has 0 saturated heterocycles. The predicted molar refractivity (Wildman–Crippen MR) is 125 cm³/mol. The summed E-state index contributed by atoms with van der Waals surface area (Å²) in [6.07, 6.45) is 7.40. The molecule has 0 amide bonds. The van der Waals surface area contributed by atoms with Crippen molar-refractivity contribution < 1.29 is 27.5 Å². The third-order valence-corrected chi connectivity index (χ3v) is 6.23.